The van der Waals surface area contributed by atoms with Crippen LogP contribution in [0.5, 0.6) is 5.75 Å². The third-order valence-electron chi connectivity index (χ3n) is 9.88. The van der Waals surface area contributed by atoms with E-state index in [1.165, 1.54) is 44.5 Å². The Hall–Kier alpha value is -5.81. The molecule has 5 nitrogen and oxygen atoms in total. The van der Waals surface area contributed by atoms with Crippen molar-refractivity contribution in [2.75, 3.05) is 7.11 Å². The van der Waals surface area contributed by atoms with E-state index in [-0.39, 0.29) is 0 Å². The molecule has 0 saturated carbocycles. The molecule has 1 aliphatic rings. The monoisotopic (exact) mass is 641 g/mol. The summed E-state index contributed by atoms with van der Waals surface area (Å²) in [5.41, 5.74) is 19.4. The molecule has 240 valence electrons. The number of ether oxygens (including phenoxy) is 1. The highest BCUT2D eigenvalue weighted by Gasteiger charge is 2.37. The predicted molar refractivity (Wildman–Crippen MR) is 198 cm³/mol. The zero-order valence-corrected chi connectivity index (χ0v) is 29.1. The molecular weight excluding hydrogens is 601 g/mol. The molecule has 8 rings (SSSR count). The standard InChI is InChI=1S/C44H41N4O/c1-24-20-26(3)40(27(4)21-24)43-36-14-12-32(45-36)33-13-15-37(46-33)44(41-28(5)22-25(2)23-29(41)6)39-19-17-35(48-39)42(34-16-18-38(43)47-34)30-8-10-31(49-7)11-9-30/h8-23,45-48H,1-7H3/q+3. The summed E-state index contributed by atoms with van der Waals surface area (Å²) in [7, 11) is 1.71. The quantitative estimate of drug-likeness (QED) is 0.142. The second-order valence-corrected chi connectivity index (χ2v) is 13.5. The van der Waals surface area contributed by atoms with Crippen molar-refractivity contribution in [3.63, 3.8) is 0 Å². The van der Waals surface area contributed by atoms with Crippen LogP contribution in [0.3, 0.4) is 0 Å². The average molecular weight is 642 g/mol. The molecule has 4 N–H and O–H groups in total. The van der Waals surface area contributed by atoms with E-state index in [9.17, 15) is 0 Å². The SMILES string of the molecule is COc1ccc([C+]2c3ccc([nH]3)[C+](c3c(C)cc(C)cc3C)c3ccc([nH]3)-c3ccc([nH]3)[C+](c3c(C)cc(C)cc3C)c3ccc2[nH]3)cc1. The van der Waals surface area contributed by atoms with Gasteiger partial charge in [0.25, 0.3) is 0 Å². The van der Waals surface area contributed by atoms with E-state index in [1.54, 1.807) is 7.11 Å². The Morgan fingerprint density at radius 3 is 1.14 bits per heavy atom. The van der Waals surface area contributed by atoms with Crippen LogP contribution in [0.15, 0.2) is 97.1 Å². The van der Waals surface area contributed by atoms with E-state index in [0.717, 1.165) is 74.6 Å². The van der Waals surface area contributed by atoms with Crippen molar-refractivity contribution < 1.29 is 4.74 Å². The van der Waals surface area contributed by atoms with Gasteiger partial charge in [0, 0.05) is 58.7 Å². The fourth-order valence-corrected chi connectivity index (χ4v) is 7.96. The summed E-state index contributed by atoms with van der Waals surface area (Å²) in [6, 6.07) is 35.1. The van der Waals surface area contributed by atoms with Gasteiger partial charge in [-0.2, -0.15) is 0 Å². The molecule has 5 heteroatoms. The van der Waals surface area contributed by atoms with Gasteiger partial charge < -0.3 is 24.7 Å². The first-order valence-corrected chi connectivity index (χ1v) is 16.9. The number of hydrogen-bond acceptors (Lipinski definition) is 1. The maximum absolute atomic E-state index is 5.54. The highest BCUT2D eigenvalue weighted by molar-refractivity contribution is 5.68. The normalized spacial score (nSPS) is 12.7. The summed E-state index contributed by atoms with van der Waals surface area (Å²) in [6.07, 6.45) is 0. The predicted octanol–water partition coefficient (Wildman–Crippen LogP) is 9.90. The third-order valence-corrected chi connectivity index (χ3v) is 9.88. The highest BCUT2D eigenvalue weighted by atomic mass is 16.5. The van der Waals surface area contributed by atoms with Crippen molar-refractivity contribution in [1.82, 2.24) is 19.9 Å². The maximum atomic E-state index is 5.54. The number of aromatic amines is 4. The maximum Gasteiger partial charge on any atom is 0.134 e. The number of hydrogen-bond donors (Lipinski definition) is 4. The third kappa shape index (κ3) is 5.23. The molecule has 0 radical (unpaired) electrons. The molecule has 0 amide bonds. The molecule has 4 aromatic heterocycles. The molecule has 0 unspecified atom stereocenters. The number of nitrogens with one attached hydrogen (secondary N) is 4. The number of benzene rings is 3. The van der Waals surface area contributed by atoms with Crippen LogP contribution < -0.4 is 4.74 Å². The van der Waals surface area contributed by atoms with Crippen LogP contribution in [0, 0.1) is 59.3 Å². The molecule has 0 saturated heterocycles. The molecule has 5 heterocycles. The van der Waals surface area contributed by atoms with Crippen molar-refractivity contribution in [2.45, 2.75) is 41.5 Å². The minimum Gasteiger partial charge on any atom is -0.495 e. The summed E-state index contributed by atoms with van der Waals surface area (Å²) in [4.78, 5) is 15.4. The van der Waals surface area contributed by atoms with E-state index in [1.807, 2.05) is 12.1 Å². The number of aromatic nitrogens is 4. The molecular formula is C44H41N4O+3. The number of rotatable bonds is 4. The van der Waals surface area contributed by atoms with Gasteiger partial charge >= 0.3 is 0 Å². The van der Waals surface area contributed by atoms with Crippen molar-refractivity contribution >= 4 is 0 Å². The summed E-state index contributed by atoms with van der Waals surface area (Å²) >= 11 is 0. The largest absolute Gasteiger partial charge is 0.495 e. The van der Waals surface area contributed by atoms with Crippen LogP contribution in [0.1, 0.15) is 84.2 Å². The lowest BCUT2D eigenvalue weighted by Gasteiger charge is -2.15. The number of fused-ring (bicyclic) bond motifs is 9. The molecule has 3 aromatic carbocycles. The molecule has 49 heavy (non-hydrogen) atoms. The van der Waals surface area contributed by atoms with Crippen molar-refractivity contribution in [2.24, 2.45) is 0 Å². The van der Waals surface area contributed by atoms with Gasteiger partial charge in [0.15, 0.2) is 0 Å². The molecule has 0 fully saturated rings. The Bertz CT molecular complexity index is 2120. The summed E-state index contributed by atoms with van der Waals surface area (Å²) in [5.74, 6) is 4.21. The smallest absolute Gasteiger partial charge is 0.134 e. The Labute approximate surface area is 288 Å². The van der Waals surface area contributed by atoms with Crippen LogP contribution in [0.25, 0.3) is 11.4 Å². The molecule has 1 aliphatic heterocycles. The summed E-state index contributed by atoms with van der Waals surface area (Å²) in [6.45, 7) is 13.2. The number of aryl methyl sites for hydroxylation is 6. The summed E-state index contributed by atoms with van der Waals surface area (Å²) in [5, 5.41) is 0. The van der Waals surface area contributed by atoms with Gasteiger partial charge in [-0.05, 0) is 89.1 Å². The van der Waals surface area contributed by atoms with Gasteiger partial charge in [-0.3, -0.25) is 0 Å². The highest BCUT2D eigenvalue weighted by Crippen LogP contribution is 2.41. The lowest BCUT2D eigenvalue weighted by molar-refractivity contribution is 0.414. The Balaban J connectivity index is 1.40. The average Bonchev–Trinajstić information content (AvgIpc) is 3.89. The van der Waals surface area contributed by atoms with Gasteiger partial charge in [-0.25, -0.2) is 0 Å². The first kappa shape index (κ1) is 30.5. The van der Waals surface area contributed by atoms with Crippen LogP contribution in [0.4, 0.5) is 0 Å². The number of H-pyrrole nitrogens is 4. The molecule has 0 atom stereocenters. The lowest BCUT2D eigenvalue weighted by atomic mass is 9.85. The van der Waals surface area contributed by atoms with E-state index in [0.29, 0.717) is 0 Å². The van der Waals surface area contributed by atoms with E-state index in [4.69, 9.17) is 4.74 Å². The molecule has 7 aromatic rings. The van der Waals surface area contributed by atoms with E-state index < -0.39 is 0 Å². The van der Waals surface area contributed by atoms with Gasteiger partial charge in [-0.15, -0.1) is 0 Å². The van der Waals surface area contributed by atoms with Gasteiger partial charge in [0.1, 0.15) is 57.7 Å². The lowest BCUT2D eigenvalue weighted by Crippen LogP contribution is -2.12. The van der Waals surface area contributed by atoms with Gasteiger partial charge in [0.2, 0.25) is 0 Å². The van der Waals surface area contributed by atoms with Crippen LogP contribution in [-0.4, -0.2) is 27.0 Å². The first-order chi connectivity index (χ1) is 23.7. The van der Waals surface area contributed by atoms with Crippen LogP contribution in [-0.2, 0) is 0 Å². The Kier molecular flexibility index (Phi) is 7.29. The molecule has 0 spiro atoms. The van der Waals surface area contributed by atoms with Crippen LogP contribution in [0.2, 0.25) is 0 Å². The second kappa shape index (κ2) is 11.7. The zero-order valence-electron chi connectivity index (χ0n) is 29.1. The first-order valence-electron chi connectivity index (χ1n) is 16.9. The minimum atomic E-state index is 0.827. The fourth-order valence-electron chi connectivity index (χ4n) is 7.96. The Morgan fingerprint density at radius 1 is 0.408 bits per heavy atom. The fraction of sp³-hybridized carbons (Fsp3) is 0.159. The second-order valence-electron chi connectivity index (χ2n) is 13.5. The van der Waals surface area contributed by atoms with Crippen molar-refractivity contribution in [3.8, 4) is 17.1 Å². The van der Waals surface area contributed by atoms with Gasteiger partial charge in [0.05, 0.1) is 59.5 Å². The van der Waals surface area contributed by atoms with E-state index in [2.05, 4.69) is 146 Å². The summed E-state index contributed by atoms with van der Waals surface area (Å²) < 4.78 is 5.54. The minimum absolute atomic E-state index is 0.827. The van der Waals surface area contributed by atoms with E-state index >= 15 is 0 Å². The molecule has 0 aliphatic carbocycles. The van der Waals surface area contributed by atoms with Crippen molar-refractivity contribution in [1.29, 1.82) is 0 Å². The van der Waals surface area contributed by atoms with Crippen molar-refractivity contribution in [3.05, 3.63) is 199 Å². The Morgan fingerprint density at radius 2 is 0.755 bits per heavy atom. The number of methoxy groups -OCH3 is 1. The van der Waals surface area contributed by atoms with Crippen LogP contribution >= 0.6 is 0 Å². The van der Waals surface area contributed by atoms with Gasteiger partial charge in [-0.1, -0.05) is 0 Å². The topological polar surface area (TPSA) is 72.4 Å². The zero-order chi connectivity index (χ0) is 34.0. The molecule has 8 bridgehead atoms.